The lowest BCUT2D eigenvalue weighted by Crippen LogP contribution is -2.57. The van der Waals surface area contributed by atoms with Gasteiger partial charge in [0.2, 0.25) is 0 Å². The summed E-state index contributed by atoms with van der Waals surface area (Å²) in [6.45, 7) is 4.10. The summed E-state index contributed by atoms with van der Waals surface area (Å²) in [7, 11) is 1.64. The zero-order valence-electron chi connectivity index (χ0n) is 13.6. The highest BCUT2D eigenvalue weighted by Gasteiger charge is 2.57. The maximum atomic E-state index is 9.98. The molecule has 0 radical (unpaired) electrons. The minimum atomic E-state index is -0.244. The van der Waals surface area contributed by atoms with Crippen LogP contribution in [0.4, 0.5) is 0 Å². The summed E-state index contributed by atoms with van der Waals surface area (Å²) in [4.78, 5) is 0. The van der Waals surface area contributed by atoms with Gasteiger partial charge in [-0.2, -0.15) is 0 Å². The molecule has 5 atom stereocenters. The summed E-state index contributed by atoms with van der Waals surface area (Å²) in [5.74, 6) is 2.39. The molecule has 5 unspecified atom stereocenters. The van der Waals surface area contributed by atoms with E-state index in [1.54, 1.807) is 7.11 Å². The first kappa shape index (κ1) is 15.7. The van der Waals surface area contributed by atoms with Gasteiger partial charge in [-0.3, -0.25) is 0 Å². The summed E-state index contributed by atoms with van der Waals surface area (Å²) in [5, 5.41) is 9.98. The molecule has 0 aromatic carbocycles. The molecule has 0 heterocycles. The van der Waals surface area contributed by atoms with Gasteiger partial charge < -0.3 is 19.3 Å². The van der Waals surface area contributed by atoms with Crippen LogP contribution in [-0.4, -0.2) is 37.5 Å². The molecule has 4 rings (SSSR count). The first-order valence-corrected chi connectivity index (χ1v) is 8.46. The van der Waals surface area contributed by atoms with Crippen molar-refractivity contribution in [2.45, 2.75) is 70.9 Å². The van der Waals surface area contributed by atoms with E-state index in [0.29, 0.717) is 12.7 Å². The maximum absolute atomic E-state index is 9.98. The Morgan fingerprint density at radius 1 is 1.14 bits per heavy atom. The van der Waals surface area contributed by atoms with Crippen LogP contribution in [0.1, 0.15) is 52.4 Å². The number of hydrogen-bond acceptors (Lipinski definition) is 4. The highest BCUT2D eigenvalue weighted by molar-refractivity contribution is 5.07. The third-order valence-corrected chi connectivity index (χ3v) is 5.95. The molecule has 4 heteroatoms. The van der Waals surface area contributed by atoms with Crippen LogP contribution >= 0.6 is 0 Å². The third kappa shape index (κ3) is 3.14. The van der Waals surface area contributed by atoms with Crippen LogP contribution in [0.2, 0.25) is 0 Å². The summed E-state index contributed by atoms with van der Waals surface area (Å²) < 4.78 is 16.8. The fourth-order valence-electron chi connectivity index (χ4n) is 5.62. The van der Waals surface area contributed by atoms with Gasteiger partial charge in [0, 0.05) is 7.11 Å². The van der Waals surface area contributed by atoms with Crippen molar-refractivity contribution in [3.05, 3.63) is 0 Å². The lowest BCUT2D eigenvalue weighted by Gasteiger charge is -2.61. The van der Waals surface area contributed by atoms with E-state index in [1.165, 1.54) is 32.1 Å². The van der Waals surface area contributed by atoms with Crippen molar-refractivity contribution < 1.29 is 19.3 Å². The Balaban J connectivity index is 1.67. The molecule has 21 heavy (non-hydrogen) atoms. The molecule has 4 aliphatic rings. The Kier molecular flexibility index (Phi) is 4.60. The number of hydrogen-bond donors (Lipinski definition) is 1. The smallest absolute Gasteiger partial charge is 0.157 e. The van der Waals surface area contributed by atoms with Crippen LogP contribution in [0.15, 0.2) is 0 Å². The molecule has 1 N–H and O–H groups in total. The van der Waals surface area contributed by atoms with Gasteiger partial charge in [-0.05, 0) is 75.5 Å². The van der Waals surface area contributed by atoms with E-state index in [-0.39, 0.29) is 23.9 Å². The zero-order valence-corrected chi connectivity index (χ0v) is 13.6. The van der Waals surface area contributed by atoms with Gasteiger partial charge in [0.05, 0.1) is 12.2 Å². The van der Waals surface area contributed by atoms with Crippen molar-refractivity contribution in [2.24, 2.45) is 23.2 Å². The van der Waals surface area contributed by atoms with Crippen molar-refractivity contribution in [1.82, 2.24) is 0 Å². The normalized spacial score (nSPS) is 44.0. The maximum Gasteiger partial charge on any atom is 0.157 e. The molecule has 0 aromatic rings. The van der Waals surface area contributed by atoms with Gasteiger partial charge in [0.1, 0.15) is 6.79 Å². The van der Waals surface area contributed by atoms with Gasteiger partial charge in [-0.1, -0.05) is 0 Å². The minimum Gasteiger partial charge on any atom is -0.393 e. The quantitative estimate of drug-likeness (QED) is 0.734. The van der Waals surface area contributed by atoms with Crippen LogP contribution in [0.5, 0.6) is 0 Å². The molecule has 122 valence electrons. The Hall–Kier alpha value is -0.160. The first-order chi connectivity index (χ1) is 10.0. The van der Waals surface area contributed by atoms with Gasteiger partial charge in [0.25, 0.3) is 0 Å². The Bertz CT molecular complexity index is 337. The third-order valence-electron chi connectivity index (χ3n) is 5.95. The number of aliphatic hydroxyl groups is 1. The molecule has 0 aliphatic heterocycles. The predicted molar refractivity (Wildman–Crippen MR) is 79.6 cm³/mol. The van der Waals surface area contributed by atoms with Crippen LogP contribution in [0.25, 0.3) is 0 Å². The Morgan fingerprint density at radius 3 is 2.38 bits per heavy atom. The first-order valence-electron chi connectivity index (χ1n) is 8.46. The van der Waals surface area contributed by atoms with Crippen molar-refractivity contribution >= 4 is 0 Å². The second-order valence-corrected chi connectivity index (χ2v) is 7.70. The Labute approximate surface area is 128 Å². The van der Waals surface area contributed by atoms with Gasteiger partial charge >= 0.3 is 0 Å². The average molecular weight is 298 g/mol. The van der Waals surface area contributed by atoms with Crippen LogP contribution in [0, 0.1) is 23.2 Å². The van der Waals surface area contributed by atoms with Crippen LogP contribution in [-0.2, 0) is 14.2 Å². The van der Waals surface area contributed by atoms with Gasteiger partial charge in [-0.25, -0.2) is 0 Å². The molecule has 4 fully saturated rings. The van der Waals surface area contributed by atoms with E-state index in [1.807, 2.05) is 13.8 Å². The van der Waals surface area contributed by atoms with Crippen LogP contribution < -0.4 is 0 Å². The molecule has 4 nitrogen and oxygen atoms in total. The molecule has 4 aliphatic carbocycles. The average Bonchev–Trinajstić information content (AvgIpc) is 2.39. The van der Waals surface area contributed by atoms with Gasteiger partial charge in [0.15, 0.2) is 6.29 Å². The fourth-order valence-corrected chi connectivity index (χ4v) is 5.62. The van der Waals surface area contributed by atoms with E-state index in [2.05, 4.69) is 0 Å². The molecular weight excluding hydrogens is 268 g/mol. The van der Waals surface area contributed by atoms with E-state index in [9.17, 15) is 5.11 Å². The van der Waals surface area contributed by atoms with Crippen molar-refractivity contribution in [2.75, 3.05) is 13.9 Å². The van der Waals surface area contributed by atoms with Crippen LogP contribution in [0.3, 0.4) is 0 Å². The molecule has 0 spiro atoms. The lowest BCUT2D eigenvalue weighted by molar-refractivity contribution is -0.249. The zero-order chi connectivity index (χ0) is 15.0. The number of methoxy groups -OCH3 is 1. The second kappa shape index (κ2) is 6.15. The van der Waals surface area contributed by atoms with Crippen molar-refractivity contribution in [1.29, 1.82) is 0 Å². The number of rotatable bonds is 7. The highest BCUT2D eigenvalue weighted by Crippen LogP contribution is 2.62. The lowest BCUT2D eigenvalue weighted by atomic mass is 9.47. The summed E-state index contributed by atoms with van der Waals surface area (Å²) in [6, 6.07) is 0. The topological polar surface area (TPSA) is 47.9 Å². The van der Waals surface area contributed by atoms with Gasteiger partial charge in [-0.15, -0.1) is 0 Å². The molecule has 4 saturated carbocycles. The van der Waals surface area contributed by atoms with E-state index in [4.69, 9.17) is 14.2 Å². The molecule has 0 aromatic heterocycles. The minimum absolute atomic E-state index is 0.183. The van der Waals surface area contributed by atoms with Crippen molar-refractivity contribution in [3.8, 4) is 0 Å². The van der Waals surface area contributed by atoms with E-state index < -0.39 is 0 Å². The SMILES string of the molecule is COC(C)OCOC1C2CC3CC(C2)CC1(CC(C)O)C3. The fraction of sp³-hybridized carbons (Fsp3) is 1.00. The standard InChI is InChI=1S/C17H30O4/c1-11(18)7-17-8-13-4-14(9-17)6-15(5-13)16(17)21-10-20-12(2)19-3/h11-16,18H,4-10H2,1-3H3. The summed E-state index contributed by atoms with van der Waals surface area (Å²) in [6.07, 6.45) is 7.14. The summed E-state index contributed by atoms with van der Waals surface area (Å²) in [5.41, 5.74) is 0.183. The number of ether oxygens (including phenoxy) is 3. The molecule has 4 bridgehead atoms. The molecule has 0 saturated heterocycles. The monoisotopic (exact) mass is 298 g/mol. The van der Waals surface area contributed by atoms with E-state index >= 15 is 0 Å². The predicted octanol–water partition coefficient (Wildman–Crippen LogP) is 2.94. The number of aliphatic hydroxyl groups excluding tert-OH is 1. The molecular formula is C17H30O4. The highest BCUT2D eigenvalue weighted by atomic mass is 16.7. The Morgan fingerprint density at radius 2 is 1.81 bits per heavy atom. The largest absolute Gasteiger partial charge is 0.393 e. The summed E-state index contributed by atoms with van der Waals surface area (Å²) >= 11 is 0. The second-order valence-electron chi connectivity index (χ2n) is 7.70. The van der Waals surface area contributed by atoms with E-state index in [0.717, 1.165) is 18.3 Å². The van der Waals surface area contributed by atoms with Crippen molar-refractivity contribution in [3.63, 3.8) is 0 Å². The molecule has 0 amide bonds.